The third-order valence-corrected chi connectivity index (χ3v) is 6.12. The van der Waals surface area contributed by atoms with E-state index in [1.165, 1.54) is 25.5 Å². The Balaban J connectivity index is 0.000000527. The second-order valence-electron chi connectivity index (χ2n) is 9.15. The third kappa shape index (κ3) is 10.2. The third-order valence-electron chi connectivity index (χ3n) is 6.12. The number of H-pyrrole nitrogens is 1. The molecule has 1 unspecified atom stereocenters. The van der Waals surface area contributed by atoms with Gasteiger partial charge < -0.3 is 20.3 Å². The maximum atomic E-state index is 12.8. The molecule has 3 N–H and O–H groups in total. The lowest BCUT2D eigenvalue weighted by Crippen LogP contribution is -2.35. The number of aromatic amines is 1. The Morgan fingerprint density at radius 2 is 1.80 bits per heavy atom. The predicted octanol–water partition coefficient (Wildman–Crippen LogP) is 4.79. The van der Waals surface area contributed by atoms with E-state index in [1.54, 1.807) is 6.07 Å². The molecule has 8 nitrogen and oxygen atoms in total. The van der Waals surface area contributed by atoms with E-state index in [2.05, 4.69) is 46.6 Å². The molecule has 8 heteroatoms. The van der Waals surface area contributed by atoms with Crippen LogP contribution in [0.5, 0.6) is 0 Å². The second kappa shape index (κ2) is 16.1. The van der Waals surface area contributed by atoms with Gasteiger partial charge in [-0.25, -0.2) is 0 Å². The Morgan fingerprint density at radius 1 is 1.06 bits per heavy atom. The average molecular weight is 486 g/mol. The molecule has 0 radical (unpaired) electrons. The summed E-state index contributed by atoms with van der Waals surface area (Å²) in [6.45, 7) is 10.2. The molecular formula is C27H43N5O3. The number of morpholine rings is 1. The number of aromatic nitrogens is 2. The van der Waals surface area contributed by atoms with Gasteiger partial charge in [0.1, 0.15) is 5.69 Å². The molecule has 1 aliphatic heterocycles. The van der Waals surface area contributed by atoms with Crippen LogP contribution in [0.4, 0.5) is 5.69 Å². The molecule has 0 saturated carbocycles. The van der Waals surface area contributed by atoms with Gasteiger partial charge in [0.25, 0.3) is 11.8 Å². The molecule has 0 bridgehead atoms. The van der Waals surface area contributed by atoms with Gasteiger partial charge in [-0.3, -0.25) is 14.7 Å². The minimum atomic E-state index is -0.252. The lowest BCUT2D eigenvalue weighted by atomic mass is 10.0. The van der Waals surface area contributed by atoms with Crippen LogP contribution in [0.3, 0.4) is 0 Å². The monoisotopic (exact) mass is 485 g/mol. The van der Waals surface area contributed by atoms with Gasteiger partial charge in [-0.2, -0.15) is 5.10 Å². The minimum Gasteiger partial charge on any atom is -0.379 e. The summed E-state index contributed by atoms with van der Waals surface area (Å²) < 4.78 is 5.10. The highest BCUT2D eigenvalue weighted by molar-refractivity contribution is 6.08. The Morgan fingerprint density at radius 3 is 2.43 bits per heavy atom. The van der Waals surface area contributed by atoms with Crippen LogP contribution in [0.15, 0.2) is 30.5 Å². The quantitative estimate of drug-likeness (QED) is 0.398. The standard InChI is InChI=1S/C22H32N4O2.C5H11NO/c1-4-6-7-8-13-17(11-5-2)24-22(28)20-19(15-23-26-20)25-21(27)18-14-10-9-12-16(18)3;1-6-2-4-7-5-3-6/h9-10,12,14-15,17H,4-8,11,13H2,1-3H3,(H,23,26)(H,24,28)(H,25,27);2-5H2,1H3. The normalized spacial score (nSPS) is 14.5. The van der Waals surface area contributed by atoms with E-state index in [0.29, 0.717) is 11.3 Å². The van der Waals surface area contributed by atoms with E-state index in [4.69, 9.17) is 4.74 Å². The van der Waals surface area contributed by atoms with Gasteiger partial charge in [0, 0.05) is 24.7 Å². The van der Waals surface area contributed by atoms with E-state index >= 15 is 0 Å². The number of carbonyl (C=O) groups excluding carboxylic acids is 2. The summed E-state index contributed by atoms with van der Waals surface area (Å²) in [5, 5.41) is 12.6. The van der Waals surface area contributed by atoms with Crippen molar-refractivity contribution in [3.8, 4) is 0 Å². The number of likely N-dealkylation sites (N-methyl/N-ethyl adjacent to an activating group) is 1. The number of unbranched alkanes of at least 4 members (excludes halogenated alkanes) is 3. The van der Waals surface area contributed by atoms with E-state index in [-0.39, 0.29) is 23.6 Å². The fourth-order valence-corrected chi connectivity index (χ4v) is 3.94. The number of aryl methyl sites for hydroxylation is 1. The molecule has 2 amide bonds. The lowest BCUT2D eigenvalue weighted by molar-refractivity contribution is 0.0503. The van der Waals surface area contributed by atoms with E-state index in [1.807, 2.05) is 25.1 Å². The lowest BCUT2D eigenvalue weighted by Gasteiger charge is -2.21. The average Bonchev–Trinajstić information content (AvgIpc) is 3.31. The van der Waals surface area contributed by atoms with Crippen molar-refractivity contribution >= 4 is 17.5 Å². The number of nitrogens with one attached hydrogen (secondary N) is 3. The number of ether oxygens (including phenoxy) is 1. The Hall–Kier alpha value is -2.71. The Kier molecular flexibility index (Phi) is 13.1. The number of rotatable bonds is 11. The zero-order valence-corrected chi connectivity index (χ0v) is 21.9. The van der Waals surface area contributed by atoms with Crippen molar-refractivity contribution in [3.63, 3.8) is 0 Å². The molecule has 35 heavy (non-hydrogen) atoms. The molecule has 194 valence electrons. The van der Waals surface area contributed by atoms with Crippen LogP contribution in [0, 0.1) is 6.92 Å². The fraction of sp³-hybridized carbons (Fsp3) is 0.593. The maximum Gasteiger partial charge on any atom is 0.271 e. The van der Waals surface area contributed by atoms with Gasteiger partial charge >= 0.3 is 0 Å². The van der Waals surface area contributed by atoms with Crippen LogP contribution in [0.1, 0.15) is 85.2 Å². The highest BCUT2D eigenvalue weighted by Crippen LogP contribution is 2.17. The summed E-state index contributed by atoms with van der Waals surface area (Å²) in [6.07, 6.45) is 9.12. The van der Waals surface area contributed by atoms with Gasteiger partial charge in [0.15, 0.2) is 0 Å². The number of benzene rings is 1. The van der Waals surface area contributed by atoms with Crippen LogP contribution >= 0.6 is 0 Å². The Bertz CT molecular complexity index is 892. The summed E-state index contributed by atoms with van der Waals surface area (Å²) in [5.74, 6) is -0.482. The van der Waals surface area contributed by atoms with Crippen molar-refractivity contribution < 1.29 is 14.3 Å². The summed E-state index contributed by atoms with van der Waals surface area (Å²) in [7, 11) is 2.11. The molecule has 1 saturated heterocycles. The molecule has 1 fully saturated rings. The van der Waals surface area contributed by atoms with E-state index in [9.17, 15) is 9.59 Å². The summed E-state index contributed by atoms with van der Waals surface area (Å²) in [5.41, 5.74) is 2.14. The first-order valence-electron chi connectivity index (χ1n) is 12.9. The van der Waals surface area contributed by atoms with Crippen molar-refractivity contribution in [2.75, 3.05) is 38.7 Å². The van der Waals surface area contributed by atoms with Crippen molar-refractivity contribution in [2.45, 2.75) is 71.8 Å². The molecule has 1 aromatic heterocycles. The van der Waals surface area contributed by atoms with Crippen LogP contribution in [-0.4, -0.2) is 66.3 Å². The molecule has 3 rings (SSSR count). The molecular weight excluding hydrogens is 442 g/mol. The number of hydrogen-bond donors (Lipinski definition) is 3. The minimum absolute atomic E-state index is 0.137. The van der Waals surface area contributed by atoms with Gasteiger partial charge in [0.05, 0.1) is 25.1 Å². The molecule has 2 aromatic rings. The maximum absolute atomic E-state index is 12.8. The van der Waals surface area contributed by atoms with Crippen molar-refractivity contribution in [2.24, 2.45) is 0 Å². The number of amides is 2. The van der Waals surface area contributed by atoms with Gasteiger partial charge in [-0.15, -0.1) is 0 Å². The largest absolute Gasteiger partial charge is 0.379 e. The zero-order valence-electron chi connectivity index (χ0n) is 21.9. The summed E-state index contributed by atoms with van der Waals surface area (Å²) in [6, 6.07) is 7.48. The fourth-order valence-electron chi connectivity index (χ4n) is 3.94. The van der Waals surface area contributed by atoms with Crippen molar-refractivity contribution in [3.05, 3.63) is 47.3 Å². The molecule has 1 aromatic carbocycles. The number of hydrogen-bond acceptors (Lipinski definition) is 5. The van der Waals surface area contributed by atoms with Crippen molar-refractivity contribution in [1.29, 1.82) is 0 Å². The smallest absolute Gasteiger partial charge is 0.271 e. The summed E-state index contributed by atoms with van der Waals surface area (Å²) in [4.78, 5) is 27.6. The van der Waals surface area contributed by atoms with Crippen LogP contribution in [0.25, 0.3) is 0 Å². The van der Waals surface area contributed by atoms with Crippen molar-refractivity contribution in [1.82, 2.24) is 20.4 Å². The first-order valence-corrected chi connectivity index (χ1v) is 12.9. The van der Waals surface area contributed by atoms with Gasteiger partial charge in [-0.05, 0) is 38.4 Å². The topological polar surface area (TPSA) is 99.3 Å². The molecule has 0 aliphatic carbocycles. The SMILES string of the molecule is CCCCCCC(CCC)NC(=O)c1[nH]ncc1NC(=O)c1ccccc1C.CN1CCOCC1. The predicted molar refractivity (Wildman–Crippen MR) is 141 cm³/mol. The number of nitrogens with zero attached hydrogens (tertiary/aromatic N) is 2. The number of carbonyl (C=O) groups is 2. The molecule has 1 atom stereocenters. The highest BCUT2D eigenvalue weighted by Gasteiger charge is 2.20. The molecule has 1 aliphatic rings. The number of anilines is 1. The molecule has 2 heterocycles. The molecule has 0 spiro atoms. The Labute approximate surface area is 210 Å². The highest BCUT2D eigenvalue weighted by atomic mass is 16.5. The van der Waals surface area contributed by atoms with Crippen LogP contribution < -0.4 is 10.6 Å². The van der Waals surface area contributed by atoms with E-state index < -0.39 is 0 Å². The van der Waals surface area contributed by atoms with Gasteiger partial charge in [0.2, 0.25) is 0 Å². The van der Waals surface area contributed by atoms with Crippen LogP contribution in [0.2, 0.25) is 0 Å². The first kappa shape index (κ1) is 28.5. The summed E-state index contributed by atoms with van der Waals surface area (Å²) >= 11 is 0. The second-order valence-corrected chi connectivity index (χ2v) is 9.15. The van der Waals surface area contributed by atoms with Gasteiger partial charge in [-0.1, -0.05) is 64.2 Å². The van der Waals surface area contributed by atoms with Crippen LogP contribution in [-0.2, 0) is 4.74 Å². The first-order chi connectivity index (χ1) is 17.0. The zero-order chi connectivity index (χ0) is 25.5. The van der Waals surface area contributed by atoms with E-state index in [0.717, 1.165) is 57.6 Å².